The van der Waals surface area contributed by atoms with E-state index in [4.69, 9.17) is 35.4 Å². The Labute approximate surface area is 122 Å². The summed E-state index contributed by atoms with van der Waals surface area (Å²) in [6, 6.07) is 5.28. The number of benzene rings is 1. The Morgan fingerprint density at radius 3 is 2.83 bits per heavy atom. The molecule has 98 valence electrons. The van der Waals surface area contributed by atoms with Crippen LogP contribution in [0.25, 0.3) is 0 Å². The van der Waals surface area contributed by atoms with Crippen LogP contribution in [0.1, 0.15) is 12.8 Å². The summed E-state index contributed by atoms with van der Waals surface area (Å²) in [5.74, 6) is 0. The number of β-amino-alcohol motifs (C(OH)–C–C–N with tert-alkyl or cyclic N) is 1. The van der Waals surface area contributed by atoms with Gasteiger partial charge in [-0.3, -0.25) is 0 Å². The molecule has 1 fully saturated rings. The number of rotatable bonds is 1. The number of hydrogen-bond acceptors (Lipinski definition) is 2. The minimum Gasteiger partial charge on any atom is -0.391 e. The lowest BCUT2D eigenvalue weighted by atomic mass is 10.1. The summed E-state index contributed by atoms with van der Waals surface area (Å²) in [5, 5.41) is 14.3. The van der Waals surface area contributed by atoms with Gasteiger partial charge in [-0.25, -0.2) is 0 Å². The van der Waals surface area contributed by atoms with Crippen LogP contribution in [0.15, 0.2) is 18.2 Å². The lowest BCUT2D eigenvalue weighted by Crippen LogP contribution is -2.44. The van der Waals surface area contributed by atoms with Gasteiger partial charge in [0.05, 0.1) is 16.1 Å². The van der Waals surface area contributed by atoms with Crippen LogP contribution < -0.4 is 5.32 Å². The van der Waals surface area contributed by atoms with Gasteiger partial charge in [0.2, 0.25) is 0 Å². The number of nitrogens with one attached hydrogen (secondary N) is 1. The van der Waals surface area contributed by atoms with Gasteiger partial charge < -0.3 is 15.3 Å². The van der Waals surface area contributed by atoms with Gasteiger partial charge in [-0.05, 0) is 43.3 Å². The first kappa shape index (κ1) is 13.9. The third-order valence-electron chi connectivity index (χ3n) is 2.85. The molecule has 3 nitrogen and oxygen atoms in total. The van der Waals surface area contributed by atoms with E-state index >= 15 is 0 Å². The molecular formula is C12H14Cl2N2OS. The largest absolute Gasteiger partial charge is 0.391 e. The number of aliphatic hydroxyl groups is 1. The van der Waals surface area contributed by atoms with Gasteiger partial charge in [0, 0.05) is 18.8 Å². The fraction of sp³-hybridized carbons (Fsp3) is 0.417. The molecule has 0 amide bonds. The van der Waals surface area contributed by atoms with Crippen LogP contribution in [-0.2, 0) is 0 Å². The topological polar surface area (TPSA) is 35.5 Å². The number of nitrogens with zero attached hydrogens (tertiary/aromatic N) is 1. The summed E-state index contributed by atoms with van der Waals surface area (Å²) in [6.45, 7) is 1.44. The number of aliphatic hydroxyl groups excluding tert-OH is 1. The summed E-state index contributed by atoms with van der Waals surface area (Å²) in [7, 11) is 0. The molecule has 18 heavy (non-hydrogen) atoms. The van der Waals surface area contributed by atoms with E-state index in [-0.39, 0.29) is 6.10 Å². The van der Waals surface area contributed by atoms with Crippen molar-refractivity contribution >= 4 is 46.2 Å². The summed E-state index contributed by atoms with van der Waals surface area (Å²) in [4.78, 5) is 1.96. The molecule has 0 bridgehead atoms. The molecule has 1 atom stereocenters. The van der Waals surface area contributed by atoms with Gasteiger partial charge >= 0.3 is 0 Å². The highest BCUT2D eigenvalue weighted by atomic mass is 35.5. The molecular weight excluding hydrogens is 291 g/mol. The molecule has 0 saturated carbocycles. The Balaban J connectivity index is 2.00. The van der Waals surface area contributed by atoms with Gasteiger partial charge in [0.15, 0.2) is 5.11 Å². The molecule has 1 unspecified atom stereocenters. The second kappa shape index (κ2) is 6.06. The number of hydrogen-bond donors (Lipinski definition) is 2. The van der Waals surface area contributed by atoms with E-state index in [1.165, 1.54) is 0 Å². The first-order valence-corrected chi connectivity index (χ1v) is 6.92. The monoisotopic (exact) mass is 304 g/mol. The van der Waals surface area contributed by atoms with Crippen LogP contribution >= 0.6 is 35.4 Å². The fourth-order valence-corrected chi connectivity index (χ4v) is 2.50. The number of piperidine rings is 1. The van der Waals surface area contributed by atoms with Crippen molar-refractivity contribution in [1.82, 2.24) is 4.90 Å². The predicted molar refractivity (Wildman–Crippen MR) is 79.5 cm³/mol. The van der Waals surface area contributed by atoms with Crippen LogP contribution in [0.5, 0.6) is 0 Å². The molecule has 0 aliphatic carbocycles. The van der Waals surface area contributed by atoms with Crippen molar-refractivity contribution in [2.24, 2.45) is 0 Å². The zero-order valence-corrected chi connectivity index (χ0v) is 12.0. The molecule has 1 aliphatic heterocycles. The third-order valence-corrected chi connectivity index (χ3v) is 3.95. The van der Waals surface area contributed by atoms with Crippen LogP contribution in [0.3, 0.4) is 0 Å². The number of halogens is 2. The third kappa shape index (κ3) is 3.48. The lowest BCUT2D eigenvalue weighted by molar-refractivity contribution is 0.104. The summed E-state index contributed by atoms with van der Waals surface area (Å²) in [6.07, 6.45) is 1.49. The predicted octanol–water partition coefficient (Wildman–Crippen LogP) is 3.15. The molecule has 2 N–H and O–H groups in total. The van der Waals surface area contributed by atoms with E-state index in [1.54, 1.807) is 12.1 Å². The summed E-state index contributed by atoms with van der Waals surface area (Å²) < 4.78 is 0. The molecule has 0 spiro atoms. The smallest absolute Gasteiger partial charge is 0.173 e. The number of likely N-dealkylation sites (tertiary alicyclic amines) is 1. The van der Waals surface area contributed by atoms with Crippen LogP contribution in [-0.4, -0.2) is 34.3 Å². The summed E-state index contributed by atoms with van der Waals surface area (Å²) >= 11 is 17.1. The van der Waals surface area contributed by atoms with E-state index in [2.05, 4.69) is 5.32 Å². The molecule has 1 aliphatic rings. The van der Waals surface area contributed by atoms with Crippen molar-refractivity contribution in [3.63, 3.8) is 0 Å². The Bertz CT molecular complexity index is 456. The minimum atomic E-state index is -0.299. The van der Waals surface area contributed by atoms with Crippen LogP contribution in [0, 0.1) is 0 Å². The Morgan fingerprint density at radius 1 is 1.39 bits per heavy atom. The second-order valence-corrected chi connectivity index (χ2v) is 5.50. The maximum atomic E-state index is 9.61. The first-order valence-electron chi connectivity index (χ1n) is 5.75. The van der Waals surface area contributed by atoms with E-state index < -0.39 is 0 Å². The zero-order chi connectivity index (χ0) is 13.1. The van der Waals surface area contributed by atoms with Gasteiger partial charge in [-0.2, -0.15) is 0 Å². The van der Waals surface area contributed by atoms with E-state index in [9.17, 15) is 5.11 Å². The van der Waals surface area contributed by atoms with Gasteiger partial charge in [0.25, 0.3) is 0 Å². The fourth-order valence-electron chi connectivity index (χ4n) is 1.92. The second-order valence-electron chi connectivity index (χ2n) is 4.30. The quantitative estimate of drug-likeness (QED) is 0.781. The van der Waals surface area contributed by atoms with E-state index in [0.29, 0.717) is 21.7 Å². The highest BCUT2D eigenvalue weighted by Gasteiger charge is 2.19. The van der Waals surface area contributed by atoms with Crippen LogP contribution in [0.2, 0.25) is 10.0 Å². The molecule has 6 heteroatoms. The molecule has 0 aromatic heterocycles. The standard InChI is InChI=1S/C12H14Cl2N2OS/c13-10-4-3-8(6-11(10)14)15-12(18)16-5-1-2-9(17)7-16/h3-4,6,9,17H,1-2,5,7H2,(H,15,18). The molecule has 2 rings (SSSR count). The van der Waals surface area contributed by atoms with E-state index in [0.717, 1.165) is 25.1 Å². The average Bonchev–Trinajstić information content (AvgIpc) is 2.34. The molecule has 1 aromatic rings. The van der Waals surface area contributed by atoms with E-state index in [1.807, 2.05) is 11.0 Å². The van der Waals surface area contributed by atoms with Crippen LogP contribution in [0.4, 0.5) is 5.69 Å². The van der Waals surface area contributed by atoms with Crippen molar-refractivity contribution < 1.29 is 5.11 Å². The van der Waals surface area contributed by atoms with Gasteiger partial charge in [0.1, 0.15) is 0 Å². The van der Waals surface area contributed by atoms with Gasteiger partial charge in [-0.15, -0.1) is 0 Å². The van der Waals surface area contributed by atoms with Crippen molar-refractivity contribution in [2.75, 3.05) is 18.4 Å². The van der Waals surface area contributed by atoms with Gasteiger partial charge in [-0.1, -0.05) is 23.2 Å². The molecule has 1 saturated heterocycles. The Hall–Kier alpha value is -0.550. The first-order chi connectivity index (χ1) is 8.56. The number of anilines is 1. The normalized spacial score (nSPS) is 19.7. The maximum Gasteiger partial charge on any atom is 0.173 e. The Morgan fingerprint density at radius 2 is 2.17 bits per heavy atom. The highest BCUT2D eigenvalue weighted by Crippen LogP contribution is 2.25. The zero-order valence-electron chi connectivity index (χ0n) is 9.70. The maximum absolute atomic E-state index is 9.61. The molecule has 0 radical (unpaired) electrons. The van der Waals surface area contributed by atoms with Crippen molar-refractivity contribution in [1.29, 1.82) is 0 Å². The molecule has 1 aromatic carbocycles. The minimum absolute atomic E-state index is 0.299. The number of thiocarbonyl (C=S) groups is 1. The summed E-state index contributed by atoms with van der Waals surface area (Å²) in [5.41, 5.74) is 0.800. The van der Waals surface area contributed by atoms with Crippen molar-refractivity contribution in [3.05, 3.63) is 28.2 Å². The highest BCUT2D eigenvalue weighted by molar-refractivity contribution is 7.80. The lowest BCUT2D eigenvalue weighted by Gasteiger charge is -2.32. The Kier molecular flexibility index (Phi) is 4.67. The average molecular weight is 305 g/mol. The van der Waals surface area contributed by atoms with Crippen molar-refractivity contribution in [2.45, 2.75) is 18.9 Å². The SMILES string of the molecule is OC1CCCN(C(=S)Nc2ccc(Cl)c(Cl)c2)C1. The molecule has 1 heterocycles. The van der Waals surface area contributed by atoms with Crippen molar-refractivity contribution in [3.8, 4) is 0 Å².